The van der Waals surface area contributed by atoms with Crippen molar-refractivity contribution in [3.63, 3.8) is 0 Å². The summed E-state index contributed by atoms with van der Waals surface area (Å²) in [5, 5.41) is 15.1. The lowest BCUT2D eigenvalue weighted by Crippen LogP contribution is -2.38. The van der Waals surface area contributed by atoms with Crippen molar-refractivity contribution in [2.45, 2.75) is 39.0 Å². The molecule has 2 heterocycles. The molecule has 0 atom stereocenters. The quantitative estimate of drug-likeness (QED) is 0.221. The lowest BCUT2D eigenvalue weighted by Gasteiger charge is -2.11. The van der Waals surface area contributed by atoms with Gasteiger partial charge in [0.1, 0.15) is 5.82 Å². The van der Waals surface area contributed by atoms with Crippen LogP contribution in [0.15, 0.2) is 29.4 Å². The Hall–Kier alpha value is -1.42. The van der Waals surface area contributed by atoms with Crippen molar-refractivity contribution in [1.29, 1.82) is 0 Å². The van der Waals surface area contributed by atoms with Crippen molar-refractivity contribution in [1.82, 2.24) is 25.2 Å². The Morgan fingerprint density at radius 1 is 1.26 bits per heavy atom. The molecule has 1 aliphatic carbocycles. The zero-order valence-electron chi connectivity index (χ0n) is 16.1. The van der Waals surface area contributed by atoms with Gasteiger partial charge in [-0.15, -0.1) is 34.2 Å². The maximum absolute atomic E-state index is 5.66. The van der Waals surface area contributed by atoms with E-state index in [-0.39, 0.29) is 24.0 Å². The molecule has 1 fully saturated rings. The van der Waals surface area contributed by atoms with Gasteiger partial charge < -0.3 is 15.4 Å². The molecule has 7 nitrogen and oxygen atoms in total. The van der Waals surface area contributed by atoms with Crippen LogP contribution in [0.2, 0.25) is 0 Å². The molecule has 27 heavy (non-hydrogen) atoms. The molecule has 1 aliphatic rings. The molecule has 0 amide bonds. The van der Waals surface area contributed by atoms with Crippen LogP contribution < -0.4 is 10.6 Å². The van der Waals surface area contributed by atoms with Crippen LogP contribution in [0.25, 0.3) is 5.65 Å². The highest BCUT2D eigenvalue weighted by Crippen LogP contribution is 2.28. The second kappa shape index (κ2) is 12.1. The number of nitrogens with one attached hydrogen (secondary N) is 2. The topological polar surface area (TPSA) is 75.8 Å². The normalized spacial score (nSPS) is 14.2. The van der Waals surface area contributed by atoms with Crippen LogP contribution in [0.5, 0.6) is 0 Å². The molecule has 0 aliphatic heterocycles. The van der Waals surface area contributed by atoms with Gasteiger partial charge >= 0.3 is 0 Å². The molecule has 0 radical (unpaired) electrons. The van der Waals surface area contributed by atoms with Crippen LogP contribution in [0.3, 0.4) is 0 Å². The summed E-state index contributed by atoms with van der Waals surface area (Å²) in [5.41, 5.74) is 0.893. The van der Waals surface area contributed by atoms with Crippen LogP contribution >= 0.6 is 24.0 Å². The molecule has 150 valence electrons. The Labute approximate surface area is 178 Å². The number of halogens is 1. The van der Waals surface area contributed by atoms with E-state index < -0.39 is 0 Å². The highest BCUT2D eigenvalue weighted by Gasteiger charge is 2.20. The predicted molar refractivity (Wildman–Crippen MR) is 119 cm³/mol. The van der Waals surface area contributed by atoms with E-state index in [1.165, 1.54) is 12.8 Å². The zero-order valence-corrected chi connectivity index (χ0v) is 18.4. The van der Waals surface area contributed by atoms with Crippen LogP contribution in [-0.4, -0.2) is 53.4 Å². The average Bonchev–Trinajstić information content (AvgIpc) is 3.40. The molecule has 0 aromatic carbocycles. The van der Waals surface area contributed by atoms with E-state index in [2.05, 4.69) is 32.7 Å². The molecular formula is C19H31IN6O. The van der Waals surface area contributed by atoms with Crippen LogP contribution in [-0.2, 0) is 11.2 Å². The van der Waals surface area contributed by atoms with Crippen molar-refractivity contribution in [3.8, 4) is 0 Å². The third-order valence-electron chi connectivity index (χ3n) is 4.37. The molecule has 2 N–H and O–H groups in total. The minimum Gasteiger partial charge on any atom is -0.381 e. The SMILES string of the molecule is CCNC(=NCCCc1nnc2ccccn12)NCCCOCC1CC1.I. The van der Waals surface area contributed by atoms with Gasteiger partial charge in [0.15, 0.2) is 11.6 Å². The third-order valence-corrected chi connectivity index (χ3v) is 4.37. The van der Waals surface area contributed by atoms with Gasteiger partial charge in [0.05, 0.1) is 0 Å². The molecule has 8 heteroatoms. The molecular weight excluding hydrogens is 455 g/mol. The fourth-order valence-electron chi connectivity index (χ4n) is 2.75. The average molecular weight is 486 g/mol. The Balaban J connectivity index is 0.00000261. The highest BCUT2D eigenvalue weighted by atomic mass is 127. The summed E-state index contributed by atoms with van der Waals surface area (Å²) in [6.07, 6.45) is 7.51. The molecule has 2 aromatic rings. The molecule has 0 bridgehead atoms. The fourth-order valence-corrected chi connectivity index (χ4v) is 2.75. The first-order valence-electron chi connectivity index (χ1n) is 9.75. The van der Waals surface area contributed by atoms with Gasteiger partial charge in [0.2, 0.25) is 0 Å². The van der Waals surface area contributed by atoms with Gasteiger partial charge in [0.25, 0.3) is 0 Å². The number of guanidine groups is 1. The number of hydrogen-bond acceptors (Lipinski definition) is 4. The number of aromatic nitrogens is 3. The summed E-state index contributed by atoms with van der Waals surface area (Å²) in [5.74, 6) is 2.70. The van der Waals surface area contributed by atoms with Crippen molar-refractivity contribution < 1.29 is 4.74 Å². The van der Waals surface area contributed by atoms with Crippen LogP contribution in [0, 0.1) is 5.92 Å². The van der Waals surface area contributed by atoms with E-state index in [1.54, 1.807) is 0 Å². The molecule has 1 saturated carbocycles. The Morgan fingerprint density at radius 3 is 2.96 bits per heavy atom. The molecule has 0 spiro atoms. The fraction of sp³-hybridized carbons (Fsp3) is 0.632. The summed E-state index contributed by atoms with van der Waals surface area (Å²) in [7, 11) is 0. The number of fused-ring (bicyclic) bond motifs is 1. The van der Waals surface area contributed by atoms with Gasteiger partial charge in [-0.05, 0) is 50.7 Å². The first kappa shape index (κ1) is 21.9. The van der Waals surface area contributed by atoms with Gasteiger partial charge in [-0.3, -0.25) is 9.39 Å². The van der Waals surface area contributed by atoms with Crippen molar-refractivity contribution in [2.24, 2.45) is 10.9 Å². The number of hydrogen-bond donors (Lipinski definition) is 2. The summed E-state index contributed by atoms with van der Waals surface area (Å²) >= 11 is 0. The van der Waals surface area contributed by atoms with Gasteiger partial charge in [-0.2, -0.15) is 0 Å². The third kappa shape index (κ3) is 7.61. The molecule has 0 saturated heterocycles. The number of nitrogens with zero attached hydrogens (tertiary/aromatic N) is 4. The summed E-state index contributed by atoms with van der Waals surface area (Å²) in [4.78, 5) is 4.65. The Bertz CT molecular complexity index is 700. The molecule has 0 unspecified atom stereocenters. The first-order valence-corrected chi connectivity index (χ1v) is 9.75. The minimum absolute atomic E-state index is 0. The van der Waals surface area contributed by atoms with Crippen molar-refractivity contribution in [2.75, 3.05) is 32.8 Å². The highest BCUT2D eigenvalue weighted by molar-refractivity contribution is 14.0. The summed E-state index contributed by atoms with van der Waals surface area (Å²) < 4.78 is 7.70. The van der Waals surface area contributed by atoms with E-state index >= 15 is 0 Å². The number of aryl methyl sites for hydroxylation is 1. The molecule has 3 rings (SSSR count). The van der Waals surface area contributed by atoms with E-state index in [0.717, 1.165) is 75.5 Å². The number of ether oxygens (including phenoxy) is 1. The van der Waals surface area contributed by atoms with Gasteiger partial charge in [-0.25, -0.2) is 0 Å². The number of rotatable bonds is 11. The van der Waals surface area contributed by atoms with E-state index in [0.29, 0.717) is 0 Å². The van der Waals surface area contributed by atoms with E-state index in [4.69, 9.17) is 4.74 Å². The number of aliphatic imine (C=N–C) groups is 1. The maximum Gasteiger partial charge on any atom is 0.191 e. The monoisotopic (exact) mass is 486 g/mol. The maximum atomic E-state index is 5.66. The molecule has 2 aromatic heterocycles. The lowest BCUT2D eigenvalue weighted by molar-refractivity contribution is 0.123. The Kier molecular flexibility index (Phi) is 9.82. The largest absolute Gasteiger partial charge is 0.381 e. The summed E-state index contributed by atoms with van der Waals surface area (Å²) in [6, 6.07) is 5.94. The van der Waals surface area contributed by atoms with Crippen LogP contribution in [0.1, 0.15) is 38.4 Å². The summed E-state index contributed by atoms with van der Waals surface area (Å²) in [6.45, 7) is 6.34. The zero-order chi connectivity index (χ0) is 18.0. The lowest BCUT2D eigenvalue weighted by atomic mass is 10.3. The number of pyridine rings is 1. The van der Waals surface area contributed by atoms with E-state index in [1.807, 2.05) is 28.8 Å². The van der Waals surface area contributed by atoms with Crippen molar-refractivity contribution in [3.05, 3.63) is 30.2 Å². The first-order chi connectivity index (χ1) is 12.9. The standard InChI is InChI=1S/C19H30N6O.HI/c1-2-20-19(22-12-6-14-26-15-16-9-10-16)21-11-5-8-18-24-23-17-7-3-4-13-25(17)18;/h3-4,7,13,16H,2,5-6,8-12,14-15H2,1H3,(H2,20,21,22);1H. The predicted octanol–water partition coefficient (Wildman–Crippen LogP) is 2.65. The minimum atomic E-state index is 0. The van der Waals surface area contributed by atoms with E-state index in [9.17, 15) is 0 Å². The second-order valence-electron chi connectivity index (χ2n) is 6.71. The van der Waals surface area contributed by atoms with Crippen molar-refractivity contribution >= 4 is 35.6 Å². The van der Waals surface area contributed by atoms with Gasteiger partial charge in [-0.1, -0.05) is 6.07 Å². The Morgan fingerprint density at radius 2 is 2.15 bits per heavy atom. The second-order valence-corrected chi connectivity index (χ2v) is 6.71. The smallest absolute Gasteiger partial charge is 0.191 e. The van der Waals surface area contributed by atoms with Gasteiger partial charge in [0, 0.05) is 45.5 Å². The van der Waals surface area contributed by atoms with Crippen LogP contribution in [0.4, 0.5) is 0 Å².